The molecule has 0 aromatic rings. The summed E-state index contributed by atoms with van der Waals surface area (Å²) in [6.07, 6.45) is 4.57. The van der Waals surface area contributed by atoms with Crippen molar-refractivity contribution in [2.75, 3.05) is 6.61 Å². The van der Waals surface area contributed by atoms with Crippen molar-refractivity contribution in [3.63, 3.8) is 0 Å². The van der Waals surface area contributed by atoms with Crippen LogP contribution < -0.4 is 0 Å². The summed E-state index contributed by atoms with van der Waals surface area (Å²) in [4.78, 5) is 5.30. The van der Waals surface area contributed by atoms with Crippen LogP contribution in [-0.4, -0.2) is 18.6 Å². The van der Waals surface area contributed by atoms with E-state index in [0.717, 1.165) is 18.7 Å². The molecule has 0 amide bonds. The van der Waals surface area contributed by atoms with E-state index < -0.39 is 0 Å². The molecule has 3 nitrogen and oxygen atoms in total. The summed E-state index contributed by atoms with van der Waals surface area (Å²) in [5.74, 6) is 1.17. The lowest BCUT2D eigenvalue weighted by molar-refractivity contribution is -0.00554. The maximum Gasteiger partial charge on any atom is 0.229 e. The quantitative estimate of drug-likeness (QED) is 0.704. The van der Waals surface area contributed by atoms with Crippen molar-refractivity contribution < 1.29 is 9.57 Å². The number of oxime groups is 1. The number of nitrogens with zero attached hydrogens (tertiary/aromatic N) is 1. The van der Waals surface area contributed by atoms with Crippen molar-refractivity contribution in [2.24, 2.45) is 16.5 Å². The van der Waals surface area contributed by atoms with E-state index in [2.05, 4.69) is 39.8 Å². The van der Waals surface area contributed by atoms with E-state index in [-0.39, 0.29) is 11.5 Å². The molecule has 0 fully saturated rings. The zero-order valence-corrected chi connectivity index (χ0v) is 12.0. The maximum absolute atomic E-state index is 5.95. The number of hydrogen-bond acceptors (Lipinski definition) is 3. The molecule has 0 saturated carbocycles. The highest BCUT2D eigenvalue weighted by Crippen LogP contribution is 2.36. The standard InChI is InChI=1S/C14H27NO2/c1-6-9-14(4,5)12(8-3)13-15-16-10-11(7-2)17-13/h11-12H,6-10H2,1-5H3. The Morgan fingerprint density at radius 2 is 2.06 bits per heavy atom. The van der Waals surface area contributed by atoms with Gasteiger partial charge >= 0.3 is 0 Å². The van der Waals surface area contributed by atoms with Gasteiger partial charge in [-0.15, -0.1) is 0 Å². The second kappa shape index (κ2) is 6.27. The fraction of sp³-hybridized carbons (Fsp3) is 0.929. The molecule has 1 aliphatic heterocycles. The van der Waals surface area contributed by atoms with E-state index in [0.29, 0.717) is 12.5 Å². The van der Waals surface area contributed by atoms with Gasteiger partial charge in [-0.05, 0) is 24.7 Å². The van der Waals surface area contributed by atoms with Crippen molar-refractivity contribution in [2.45, 2.75) is 66.4 Å². The van der Waals surface area contributed by atoms with Crippen molar-refractivity contribution in [3.8, 4) is 0 Å². The third-order valence-corrected chi connectivity index (χ3v) is 3.70. The van der Waals surface area contributed by atoms with E-state index >= 15 is 0 Å². The highest BCUT2D eigenvalue weighted by molar-refractivity contribution is 5.79. The van der Waals surface area contributed by atoms with Gasteiger partial charge in [0, 0.05) is 5.92 Å². The molecule has 0 aromatic heterocycles. The minimum atomic E-state index is 0.175. The van der Waals surface area contributed by atoms with Gasteiger partial charge in [-0.3, -0.25) is 0 Å². The van der Waals surface area contributed by atoms with E-state index in [9.17, 15) is 0 Å². The average Bonchev–Trinajstić information content (AvgIpc) is 2.29. The Bertz CT molecular complexity index is 261. The first kappa shape index (κ1) is 14.3. The van der Waals surface area contributed by atoms with Gasteiger partial charge in [-0.1, -0.05) is 46.2 Å². The van der Waals surface area contributed by atoms with Gasteiger partial charge < -0.3 is 9.57 Å². The van der Waals surface area contributed by atoms with Gasteiger partial charge in [-0.25, -0.2) is 0 Å². The van der Waals surface area contributed by atoms with Gasteiger partial charge in [0.15, 0.2) is 6.61 Å². The largest absolute Gasteiger partial charge is 0.471 e. The van der Waals surface area contributed by atoms with Gasteiger partial charge in [0.05, 0.1) is 0 Å². The minimum Gasteiger partial charge on any atom is -0.471 e. The van der Waals surface area contributed by atoms with Crippen molar-refractivity contribution >= 4 is 5.90 Å². The van der Waals surface area contributed by atoms with Crippen LogP contribution in [0.4, 0.5) is 0 Å². The summed E-state index contributed by atoms with van der Waals surface area (Å²) < 4.78 is 5.95. The smallest absolute Gasteiger partial charge is 0.229 e. The lowest BCUT2D eigenvalue weighted by Gasteiger charge is -2.36. The Morgan fingerprint density at radius 1 is 1.35 bits per heavy atom. The molecule has 0 aromatic carbocycles. The van der Waals surface area contributed by atoms with Crippen molar-refractivity contribution in [1.82, 2.24) is 0 Å². The molecule has 0 saturated heterocycles. The molecule has 100 valence electrons. The molecule has 3 heteroatoms. The SMILES string of the molecule is CCCC(C)(C)C(CC)C1=NOCC(CC)O1. The highest BCUT2D eigenvalue weighted by Gasteiger charge is 2.35. The molecule has 0 bridgehead atoms. The summed E-state index contributed by atoms with van der Waals surface area (Å²) in [7, 11) is 0. The first-order valence-electron chi connectivity index (χ1n) is 6.91. The molecule has 2 unspecified atom stereocenters. The normalized spacial score (nSPS) is 22.4. The molecule has 0 aliphatic carbocycles. The van der Waals surface area contributed by atoms with Gasteiger partial charge in [0.25, 0.3) is 0 Å². The third kappa shape index (κ3) is 3.62. The van der Waals surface area contributed by atoms with Gasteiger partial charge in [-0.2, -0.15) is 0 Å². The minimum absolute atomic E-state index is 0.175. The van der Waals surface area contributed by atoms with Crippen LogP contribution in [-0.2, 0) is 9.57 Å². The molecule has 1 rings (SSSR count). The molecule has 0 spiro atoms. The van der Waals surface area contributed by atoms with Crippen LogP contribution >= 0.6 is 0 Å². The summed E-state index contributed by atoms with van der Waals surface area (Å²) in [6, 6.07) is 0. The lowest BCUT2D eigenvalue weighted by Crippen LogP contribution is -2.37. The number of hydrogen-bond donors (Lipinski definition) is 0. The highest BCUT2D eigenvalue weighted by atomic mass is 16.7. The topological polar surface area (TPSA) is 30.8 Å². The van der Waals surface area contributed by atoms with Crippen LogP contribution in [0.25, 0.3) is 0 Å². The Labute approximate surface area is 106 Å². The molecule has 1 aliphatic rings. The van der Waals surface area contributed by atoms with E-state index in [1.165, 1.54) is 12.8 Å². The Kier molecular flexibility index (Phi) is 5.29. The average molecular weight is 241 g/mol. The van der Waals surface area contributed by atoms with Crippen LogP contribution in [0.15, 0.2) is 5.16 Å². The van der Waals surface area contributed by atoms with Crippen molar-refractivity contribution in [1.29, 1.82) is 0 Å². The first-order chi connectivity index (χ1) is 8.05. The van der Waals surface area contributed by atoms with E-state index in [1.807, 2.05) is 0 Å². The molecule has 2 atom stereocenters. The Morgan fingerprint density at radius 3 is 2.59 bits per heavy atom. The maximum atomic E-state index is 5.95. The van der Waals surface area contributed by atoms with Crippen molar-refractivity contribution in [3.05, 3.63) is 0 Å². The Balaban J connectivity index is 2.76. The molecule has 0 radical (unpaired) electrons. The zero-order chi connectivity index (χ0) is 12.9. The fourth-order valence-corrected chi connectivity index (χ4v) is 2.64. The predicted molar refractivity (Wildman–Crippen MR) is 71.0 cm³/mol. The molecule has 1 heterocycles. The second-order valence-corrected chi connectivity index (χ2v) is 5.57. The van der Waals surface area contributed by atoms with E-state index in [1.54, 1.807) is 0 Å². The molecular formula is C14H27NO2. The second-order valence-electron chi connectivity index (χ2n) is 5.57. The van der Waals surface area contributed by atoms with Crippen LogP contribution in [0.3, 0.4) is 0 Å². The summed E-state index contributed by atoms with van der Waals surface area (Å²) in [6.45, 7) is 11.7. The Hall–Kier alpha value is -0.730. The predicted octanol–water partition coefficient (Wildman–Crippen LogP) is 3.98. The fourth-order valence-electron chi connectivity index (χ4n) is 2.64. The number of rotatable bonds is 6. The first-order valence-corrected chi connectivity index (χ1v) is 6.91. The molecule has 17 heavy (non-hydrogen) atoms. The number of ether oxygens (including phenoxy) is 1. The molecular weight excluding hydrogens is 214 g/mol. The van der Waals surface area contributed by atoms with Gasteiger partial charge in [0.1, 0.15) is 6.10 Å². The van der Waals surface area contributed by atoms with E-state index in [4.69, 9.17) is 9.57 Å². The van der Waals surface area contributed by atoms with Crippen LogP contribution in [0.1, 0.15) is 60.3 Å². The summed E-state index contributed by atoms with van der Waals surface area (Å²) >= 11 is 0. The monoisotopic (exact) mass is 241 g/mol. The van der Waals surface area contributed by atoms with Crippen LogP contribution in [0, 0.1) is 11.3 Å². The summed E-state index contributed by atoms with van der Waals surface area (Å²) in [5.41, 5.74) is 0.224. The van der Waals surface area contributed by atoms with Crippen LogP contribution in [0.5, 0.6) is 0 Å². The third-order valence-electron chi connectivity index (χ3n) is 3.70. The van der Waals surface area contributed by atoms with Crippen LogP contribution in [0.2, 0.25) is 0 Å². The summed E-state index contributed by atoms with van der Waals surface area (Å²) in [5, 5.41) is 4.14. The lowest BCUT2D eigenvalue weighted by atomic mass is 9.74. The molecule has 0 N–H and O–H groups in total. The zero-order valence-electron chi connectivity index (χ0n) is 12.0. The van der Waals surface area contributed by atoms with Gasteiger partial charge in [0.2, 0.25) is 5.90 Å².